The van der Waals surface area contributed by atoms with Gasteiger partial charge in [-0.15, -0.1) is 6.58 Å². The molecule has 0 saturated heterocycles. The van der Waals surface area contributed by atoms with Crippen LogP contribution in [-0.2, 0) is 11.2 Å². The van der Waals surface area contributed by atoms with Gasteiger partial charge in [0.15, 0.2) is 0 Å². The molecule has 0 atom stereocenters. The molecule has 1 aromatic rings. The third kappa shape index (κ3) is 6.12. The average molecular weight is 314 g/mol. The highest BCUT2D eigenvalue weighted by Crippen LogP contribution is 2.12. The van der Waals surface area contributed by atoms with E-state index in [-0.39, 0.29) is 0 Å². The van der Waals surface area contributed by atoms with E-state index in [1.807, 2.05) is 12.1 Å². The van der Waals surface area contributed by atoms with Gasteiger partial charge in [-0.1, -0.05) is 13.0 Å². The molecule has 0 aliphatic heterocycles. The van der Waals surface area contributed by atoms with Crippen LogP contribution in [0.25, 0.3) is 0 Å². The second-order valence-electron chi connectivity index (χ2n) is 3.86. The second kappa shape index (κ2) is 9.05. The average Bonchev–Trinajstić information content (AvgIpc) is 2.33. The van der Waals surface area contributed by atoms with Gasteiger partial charge in [-0.05, 0) is 28.8 Å². The lowest BCUT2D eigenvalue weighted by molar-refractivity contribution is 0.149. The zero-order chi connectivity index (χ0) is 13.2. The van der Waals surface area contributed by atoms with E-state index < -0.39 is 0 Å². The number of aryl methyl sites for hydroxylation is 1. The normalized spacial score (nSPS) is 10.3. The Morgan fingerprint density at radius 1 is 1.44 bits per heavy atom. The number of ether oxygens (including phenoxy) is 1. The molecule has 0 aromatic carbocycles. The predicted octanol–water partition coefficient (Wildman–Crippen LogP) is 3.20. The Kier molecular flexibility index (Phi) is 7.60. The molecule has 18 heavy (non-hydrogen) atoms. The molecule has 0 aliphatic rings. The molecule has 100 valence electrons. The maximum atomic E-state index is 5.41. The molecule has 1 heterocycles. The summed E-state index contributed by atoms with van der Waals surface area (Å²) in [5.41, 5.74) is 0. The lowest BCUT2D eigenvalue weighted by atomic mass is 10.3. The van der Waals surface area contributed by atoms with Gasteiger partial charge < -0.3 is 10.1 Å². The fourth-order valence-electron chi connectivity index (χ4n) is 1.41. The molecule has 1 N–H and O–H groups in total. The summed E-state index contributed by atoms with van der Waals surface area (Å²) in [6.07, 6.45) is 4.68. The van der Waals surface area contributed by atoms with E-state index in [0.29, 0.717) is 6.61 Å². The highest BCUT2D eigenvalue weighted by molar-refractivity contribution is 9.10. The first-order valence-corrected chi connectivity index (χ1v) is 7.01. The van der Waals surface area contributed by atoms with E-state index in [1.165, 1.54) is 0 Å². The highest BCUT2D eigenvalue weighted by atomic mass is 79.9. The van der Waals surface area contributed by atoms with E-state index >= 15 is 0 Å². The Morgan fingerprint density at radius 2 is 2.28 bits per heavy atom. The third-order valence-corrected chi connectivity index (χ3v) is 2.64. The SMILES string of the molecule is C=CCCOCCNc1cc(Br)nc(CCC)n1. The number of nitrogens with one attached hydrogen (secondary N) is 1. The molecule has 0 saturated carbocycles. The van der Waals surface area contributed by atoms with Crippen LogP contribution >= 0.6 is 15.9 Å². The fraction of sp³-hybridized carbons (Fsp3) is 0.538. The zero-order valence-corrected chi connectivity index (χ0v) is 12.4. The lowest BCUT2D eigenvalue weighted by Gasteiger charge is -2.08. The van der Waals surface area contributed by atoms with Gasteiger partial charge in [0.25, 0.3) is 0 Å². The number of hydrogen-bond donors (Lipinski definition) is 1. The Bertz CT molecular complexity index is 371. The summed E-state index contributed by atoms with van der Waals surface area (Å²) in [5, 5.41) is 3.23. The molecule has 1 rings (SSSR count). The Labute approximate surface area is 117 Å². The predicted molar refractivity (Wildman–Crippen MR) is 77.8 cm³/mol. The van der Waals surface area contributed by atoms with E-state index in [9.17, 15) is 0 Å². The van der Waals surface area contributed by atoms with Crippen molar-refractivity contribution in [3.8, 4) is 0 Å². The smallest absolute Gasteiger partial charge is 0.132 e. The molecule has 4 nitrogen and oxygen atoms in total. The summed E-state index contributed by atoms with van der Waals surface area (Å²) in [6, 6.07) is 1.88. The van der Waals surface area contributed by atoms with Gasteiger partial charge in [-0.2, -0.15) is 0 Å². The number of halogens is 1. The van der Waals surface area contributed by atoms with Crippen LogP contribution < -0.4 is 5.32 Å². The second-order valence-corrected chi connectivity index (χ2v) is 4.67. The van der Waals surface area contributed by atoms with Crippen molar-refractivity contribution in [2.45, 2.75) is 26.2 Å². The number of aromatic nitrogens is 2. The summed E-state index contributed by atoms with van der Waals surface area (Å²) < 4.78 is 6.23. The van der Waals surface area contributed by atoms with Crippen LogP contribution in [0.5, 0.6) is 0 Å². The van der Waals surface area contributed by atoms with Crippen LogP contribution in [0.2, 0.25) is 0 Å². The standard InChI is InChI=1S/C13H20BrN3O/c1-3-5-8-18-9-7-15-13-10-11(14)16-12(17-13)6-4-2/h3,10H,1,4-9H2,2H3,(H,15,16,17). The van der Waals surface area contributed by atoms with Crippen molar-refractivity contribution in [1.82, 2.24) is 9.97 Å². The number of anilines is 1. The van der Waals surface area contributed by atoms with Gasteiger partial charge in [0.05, 0.1) is 13.2 Å². The van der Waals surface area contributed by atoms with E-state index in [0.717, 1.165) is 48.7 Å². The summed E-state index contributed by atoms with van der Waals surface area (Å²) in [6.45, 7) is 7.89. The number of hydrogen-bond acceptors (Lipinski definition) is 4. The maximum absolute atomic E-state index is 5.41. The van der Waals surface area contributed by atoms with E-state index in [1.54, 1.807) is 0 Å². The molecule has 0 radical (unpaired) electrons. The first-order chi connectivity index (χ1) is 8.76. The van der Waals surface area contributed by atoms with Crippen LogP contribution in [0.15, 0.2) is 23.3 Å². The molecular formula is C13H20BrN3O. The molecule has 0 bridgehead atoms. The fourth-order valence-corrected chi connectivity index (χ4v) is 1.83. The first kappa shape index (κ1) is 15.1. The molecule has 1 aromatic heterocycles. The topological polar surface area (TPSA) is 47.0 Å². The lowest BCUT2D eigenvalue weighted by Crippen LogP contribution is -2.12. The third-order valence-electron chi connectivity index (χ3n) is 2.23. The summed E-state index contributed by atoms with van der Waals surface area (Å²) >= 11 is 3.39. The number of rotatable bonds is 9. The minimum atomic E-state index is 0.665. The number of nitrogens with zero attached hydrogens (tertiary/aromatic N) is 2. The van der Waals surface area contributed by atoms with Crippen LogP contribution in [0, 0.1) is 0 Å². The van der Waals surface area contributed by atoms with Crippen molar-refractivity contribution >= 4 is 21.7 Å². The zero-order valence-electron chi connectivity index (χ0n) is 10.8. The van der Waals surface area contributed by atoms with Crippen molar-refractivity contribution in [1.29, 1.82) is 0 Å². The van der Waals surface area contributed by atoms with Gasteiger partial charge in [-0.25, -0.2) is 9.97 Å². The van der Waals surface area contributed by atoms with Crippen molar-refractivity contribution in [3.63, 3.8) is 0 Å². The summed E-state index contributed by atoms with van der Waals surface area (Å²) in [4.78, 5) is 8.75. The Hall–Kier alpha value is -0.940. The minimum absolute atomic E-state index is 0.665. The Balaban J connectivity index is 2.34. The molecule has 0 amide bonds. The van der Waals surface area contributed by atoms with Crippen molar-refractivity contribution < 1.29 is 4.74 Å². The minimum Gasteiger partial charge on any atom is -0.379 e. The first-order valence-electron chi connectivity index (χ1n) is 6.22. The van der Waals surface area contributed by atoms with Crippen LogP contribution in [0.3, 0.4) is 0 Å². The van der Waals surface area contributed by atoms with Crippen LogP contribution in [-0.4, -0.2) is 29.7 Å². The van der Waals surface area contributed by atoms with Gasteiger partial charge >= 0.3 is 0 Å². The molecule has 0 spiro atoms. The van der Waals surface area contributed by atoms with Crippen molar-refractivity contribution in [2.75, 3.05) is 25.1 Å². The maximum Gasteiger partial charge on any atom is 0.132 e. The summed E-state index contributed by atoms with van der Waals surface area (Å²) in [7, 11) is 0. The largest absolute Gasteiger partial charge is 0.379 e. The molecule has 0 aliphatic carbocycles. The monoisotopic (exact) mass is 313 g/mol. The van der Waals surface area contributed by atoms with E-state index in [2.05, 4.69) is 44.7 Å². The van der Waals surface area contributed by atoms with Crippen molar-refractivity contribution in [2.24, 2.45) is 0 Å². The quantitative estimate of drug-likeness (QED) is 0.432. The Morgan fingerprint density at radius 3 is 3.00 bits per heavy atom. The molecule has 0 unspecified atom stereocenters. The summed E-state index contributed by atoms with van der Waals surface area (Å²) in [5.74, 6) is 1.70. The van der Waals surface area contributed by atoms with Gasteiger partial charge in [0, 0.05) is 19.0 Å². The van der Waals surface area contributed by atoms with Crippen LogP contribution in [0.4, 0.5) is 5.82 Å². The molecular weight excluding hydrogens is 294 g/mol. The highest BCUT2D eigenvalue weighted by Gasteiger charge is 2.01. The van der Waals surface area contributed by atoms with Gasteiger partial charge in [0.2, 0.25) is 0 Å². The van der Waals surface area contributed by atoms with E-state index in [4.69, 9.17) is 4.74 Å². The van der Waals surface area contributed by atoms with Crippen LogP contribution in [0.1, 0.15) is 25.6 Å². The van der Waals surface area contributed by atoms with Gasteiger partial charge in [0.1, 0.15) is 16.2 Å². The molecule has 0 fully saturated rings. The van der Waals surface area contributed by atoms with Crippen molar-refractivity contribution in [3.05, 3.63) is 29.1 Å². The molecule has 5 heteroatoms. The van der Waals surface area contributed by atoms with Gasteiger partial charge in [-0.3, -0.25) is 0 Å².